The van der Waals surface area contributed by atoms with Gasteiger partial charge >= 0.3 is 95.1 Å². The van der Waals surface area contributed by atoms with Crippen LogP contribution in [0, 0.1) is 0 Å². The number of halogens is 9. The molecule has 0 fully saturated rings. The monoisotopic (exact) mass is 568 g/mol. The van der Waals surface area contributed by atoms with Gasteiger partial charge in [-0.25, -0.2) is 12.1 Å². The SMILES string of the molecule is CC[NH-].CC[NH-].CC[NH-].F[C](F)(F)[Ge]([C](F)(F)F)[C](F)(F)F.[Zr+4].c1cc[cH-]c1. The van der Waals surface area contributed by atoms with Gasteiger partial charge in [-0.3, -0.25) is 0 Å². The van der Waals surface area contributed by atoms with Gasteiger partial charge in [-0.15, -0.1) is 0 Å². The zero-order chi connectivity index (χ0) is 22.7. The van der Waals surface area contributed by atoms with E-state index in [-0.39, 0.29) is 26.2 Å². The molecule has 0 bridgehead atoms. The summed E-state index contributed by atoms with van der Waals surface area (Å²) in [6, 6.07) is 10.0. The van der Waals surface area contributed by atoms with Gasteiger partial charge in [0, 0.05) is 0 Å². The van der Waals surface area contributed by atoms with Crippen molar-refractivity contribution < 1.29 is 65.7 Å². The predicted octanol–water partition coefficient (Wildman–Crippen LogP) is 7.36. The number of hydrogen-bond donors (Lipinski definition) is 0. The van der Waals surface area contributed by atoms with Gasteiger partial charge in [-0.2, -0.15) is 37.8 Å². The summed E-state index contributed by atoms with van der Waals surface area (Å²) >= 11 is -7.10. The van der Waals surface area contributed by atoms with E-state index in [0.29, 0.717) is 19.6 Å². The molecule has 28 heavy (non-hydrogen) atoms. The Balaban J connectivity index is -0.0000000964. The van der Waals surface area contributed by atoms with E-state index < -0.39 is 29.4 Å². The molecule has 3 N–H and O–H groups in total. The van der Waals surface area contributed by atoms with Gasteiger partial charge in [-0.05, 0) is 0 Å². The fraction of sp³-hybridized carbons (Fsp3) is 0.643. The molecule has 0 amide bonds. The third kappa shape index (κ3) is 30.7. The third-order valence-electron chi connectivity index (χ3n) is 1.41. The Hall–Kier alpha value is 0.0260. The topological polar surface area (TPSA) is 71.4 Å². The van der Waals surface area contributed by atoms with E-state index in [9.17, 15) is 39.5 Å². The molecule has 0 aliphatic carbocycles. The first-order valence-corrected chi connectivity index (χ1v) is 10.4. The Labute approximate surface area is 182 Å². The predicted molar refractivity (Wildman–Crippen MR) is 90.5 cm³/mol. The van der Waals surface area contributed by atoms with E-state index in [4.69, 9.17) is 17.2 Å². The summed E-state index contributed by atoms with van der Waals surface area (Å²) in [7, 11) is 0. The smallest absolute Gasteiger partial charge is 0.214 e. The summed E-state index contributed by atoms with van der Waals surface area (Å²) in [5, 5.41) is -18.6. The van der Waals surface area contributed by atoms with Gasteiger partial charge in [-0.1, -0.05) is 20.8 Å². The van der Waals surface area contributed by atoms with Crippen LogP contribution in [0.1, 0.15) is 20.8 Å². The number of hydrogen-bond acceptors (Lipinski definition) is 0. The summed E-state index contributed by atoms with van der Waals surface area (Å²) in [5.41, 5.74) is 18.6. The molecule has 3 nitrogen and oxygen atoms in total. The maximum Gasteiger partial charge on any atom is 4.00 e. The van der Waals surface area contributed by atoms with Crippen LogP contribution < -0.4 is 0 Å². The molecule has 0 heterocycles. The normalized spacial score (nSPS) is 10.4. The molecule has 1 rings (SSSR count). The molecular formula is C14H23F9GeN3Zr. The molecule has 0 aromatic heterocycles. The second-order valence-corrected chi connectivity index (χ2v) is 9.03. The molecule has 0 spiro atoms. The first-order valence-electron chi connectivity index (χ1n) is 7.30. The van der Waals surface area contributed by atoms with Crippen LogP contribution in [0.4, 0.5) is 39.5 Å². The number of rotatable bonds is 0. The standard InChI is InChI=1S/C5H5.C3F9Ge.3C2H6N.Zr/c1-2-4-5-3-1;4-1(5,6)13(2(7,8)9)3(10,11)12;3*1-2-3;/h1-5H;;3*3H,2H2,1H3;/q-1;;3*-1;+4. The minimum Gasteiger partial charge on any atom is -0.214 e. The Morgan fingerprint density at radius 2 is 0.821 bits per heavy atom. The molecule has 0 saturated heterocycles. The van der Waals surface area contributed by atoms with Crippen molar-refractivity contribution in [3.63, 3.8) is 0 Å². The third-order valence-corrected chi connectivity index (χ3v) is 4.97. The first kappa shape index (κ1) is 38.6. The summed E-state index contributed by atoms with van der Waals surface area (Å²) in [6.07, 6.45) is 0. The van der Waals surface area contributed by atoms with Crippen LogP contribution in [-0.2, 0) is 26.2 Å². The molecule has 14 heteroatoms. The molecule has 0 unspecified atom stereocenters. The van der Waals surface area contributed by atoms with Crippen LogP contribution in [0.25, 0.3) is 17.2 Å². The second-order valence-electron chi connectivity index (χ2n) is 3.89. The van der Waals surface area contributed by atoms with Crippen LogP contribution in [0.3, 0.4) is 0 Å². The van der Waals surface area contributed by atoms with Crippen molar-refractivity contribution >= 4 is 14.3 Å². The van der Waals surface area contributed by atoms with Gasteiger partial charge in [0.2, 0.25) is 0 Å². The zero-order valence-electron chi connectivity index (χ0n) is 15.4. The van der Waals surface area contributed by atoms with Crippen molar-refractivity contribution in [2.24, 2.45) is 0 Å². The van der Waals surface area contributed by atoms with Crippen LogP contribution in [0.2, 0.25) is 0 Å². The van der Waals surface area contributed by atoms with Gasteiger partial charge in [0.1, 0.15) is 0 Å². The molecule has 0 atom stereocenters. The summed E-state index contributed by atoms with van der Waals surface area (Å²) in [4.78, 5) is 0. The van der Waals surface area contributed by atoms with Crippen LogP contribution in [0.15, 0.2) is 30.3 Å². The molecule has 0 aliphatic heterocycles. The van der Waals surface area contributed by atoms with Gasteiger partial charge < -0.3 is 17.2 Å². The molecule has 165 valence electrons. The van der Waals surface area contributed by atoms with Gasteiger partial charge in [0.25, 0.3) is 0 Å². The van der Waals surface area contributed by atoms with E-state index >= 15 is 0 Å². The van der Waals surface area contributed by atoms with Crippen molar-refractivity contribution in [2.45, 2.75) is 35.8 Å². The molecule has 0 aliphatic rings. The Bertz CT molecular complexity index is 328. The van der Waals surface area contributed by atoms with Crippen molar-refractivity contribution in [3.8, 4) is 0 Å². The van der Waals surface area contributed by atoms with Crippen molar-refractivity contribution in [2.75, 3.05) is 19.6 Å². The van der Waals surface area contributed by atoms with Crippen molar-refractivity contribution in [1.82, 2.24) is 0 Å². The maximum absolute atomic E-state index is 11.3. The van der Waals surface area contributed by atoms with Crippen LogP contribution in [0.5, 0.6) is 0 Å². The van der Waals surface area contributed by atoms with E-state index in [0.717, 1.165) is 0 Å². The summed E-state index contributed by atoms with van der Waals surface area (Å²) < 4.78 is 102. The van der Waals surface area contributed by atoms with Crippen LogP contribution in [-0.4, -0.2) is 49.0 Å². The van der Waals surface area contributed by atoms with Gasteiger partial charge in [0.15, 0.2) is 0 Å². The van der Waals surface area contributed by atoms with E-state index in [1.807, 2.05) is 30.3 Å². The van der Waals surface area contributed by atoms with E-state index in [1.165, 1.54) is 0 Å². The molecular weight excluding hydrogens is 545 g/mol. The van der Waals surface area contributed by atoms with Crippen molar-refractivity contribution in [1.29, 1.82) is 0 Å². The Kier molecular flexibility index (Phi) is 30.0. The van der Waals surface area contributed by atoms with Gasteiger partial charge in [0.05, 0.1) is 0 Å². The van der Waals surface area contributed by atoms with Crippen LogP contribution >= 0.6 is 0 Å². The Morgan fingerprint density at radius 1 is 0.643 bits per heavy atom. The molecule has 0 saturated carbocycles. The molecule has 1 aromatic rings. The summed E-state index contributed by atoms with van der Waals surface area (Å²) in [6.45, 7) is 6.88. The second kappa shape index (κ2) is 21.7. The number of nitrogens with one attached hydrogen (secondary N) is 3. The fourth-order valence-electron chi connectivity index (χ4n) is 0.803. The van der Waals surface area contributed by atoms with Crippen molar-refractivity contribution in [3.05, 3.63) is 47.5 Å². The fourth-order valence-corrected chi connectivity index (χ4v) is 2.83. The quantitative estimate of drug-likeness (QED) is 0.178. The Morgan fingerprint density at radius 3 is 0.857 bits per heavy atom. The minimum absolute atomic E-state index is 0. The first-order chi connectivity index (χ1) is 12.1. The number of alkyl halides is 9. The maximum atomic E-state index is 11.3. The average Bonchev–Trinajstić information content (AvgIpc) is 2.94. The van der Waals surface area contributed by atoms with E-state index in [1.54, 1.807) is 20.8 Å². The van der Waals surface area contributed by atoms with E-state index in [2.05, 4.69) is 0 Å². The zero-order valence-corrected chi connectivity index (χ0v) is 20.0. The molecule has 1 aromatic carbocycles. The average molecular weight is 568 g/mol. The minimum atomic E-state index is -7.10. The molecule has 1 radical (unpaired) electrons. The summed E-state index contributed by atoms with van der Waals surface area (Å²) in [5.74, 6) is 0. The largest absolute Gasteiger partial charge is 4.00 e.